The van der Waals surface area contributed by atoms with Gasteiger partial charge in [-0.3, -0.25) is 9.89 Å². The monoisotopic (exact) mass is 286 g/mol. The Morgan fingerprint density at radius 2 is 2.20 bits per heavy atom. The second-order valence-electron chi connectivity index (χ2n) is 4.46. The van der Waals surface area contributed by atoms with Gasteiger partial charge in [-0.05, 0) is 12.8 Å². The van der Waals surface area contributed by atoms with E-state index in [0.29, 0.717) is 12.0 Å². The summed E-state index contributed by atoms with van der Waals surface area (Å²) in [5.41, 5.74) is -1.02. The van der Waals surface area contributed by atoms with Crippen LogP contribution in [0.2, 0.25) is 0 Å². The predicted molar refractivity (Wildman–Crippen MR) is 60.0 cm³/mol. The van der Waals surface area contributed by atoms with Crippen molar-refractivity contribution in [3.05, 3.63) is 29.6 Å². The number of nitrogens with zero attached hydrogens (tertiary/aromatic N) is 2. The number of halogens is 3. The van der Waals surface area contributed by atoms with Crippen LogP contribution in [0, 0.1) is 0 Å². The lowest BCUT2D eigenvalue weighted by Gasteiger charge is -2.00. The maximum absolute atomic E-state index is 12.3. The molecule has 2 aromatic rings. The minimum atomic E-state index is -4.54. The summed E-state index contributed by atoms with van der Waals surface area (Å²) in [7, 11) is 0. The fraction of sp³-hybridized carbons (Fsp3) is 0.364. The first-order valence-corrected chi connectivity index (χ1v) is 5.83. The van der Waals surface area contributed by atoms with Crippen molar-refractivity contribution in [3.8, 4) is 0 Å². The summed E-state index contributed by atoms with van der Waals surface area (Å²) < 4.78 is 42.2. The Labute approximate surface area is 110 Å². The van der Waals surface area contributed by atoms with Crippen LogP contribution in [0.15, 0.2) is 16.7 Å². The molecule has 0 aromatic carbocycles. The van der Waals surface area contributed by atoms with Gasteiger partial charge in [0, 0.05) is 12.0 Å². The summed E-state index contributed by atoms with van der Waals surface area (Å²) >= 11 is 0. The van der Waals surface area contributed by atoms with Gasteiger partial charge in [-0.25, -0.2) is 4.98 Å². The summed E-state index contributed by atoms with van der Waals surface area (Å²) in [5, 5.41) is 7.39. The maximum atomic E-state index is 12.3. The van der Waals surface area contributed by atoms with Gasteiger partial charge in [0.1, 0.15) is 12.0 Å². The van der Waals surface area contributed by atoms with E-state index in [-0.39, 0.29) is 17.4 Å². The largest absolute Gasteiger partial charge is 0.448 e. The van der Waals surface area contributed by atoms with Crippen molar-refractivity contribution >= 4 is 11.7 Å². The SMILES string of the molecule is O=C(Nc1cc(C(F)(F)F)[nH]n1)c1coc(C2CC2)n1. The van der Waals surface area contributed by atoms with E-state index in [9.17, 15) is 18.0 Å². The number of rotatable bonds is 3. The molecule has 0 spiro atoms. The summed E-state index contributed by atoms with van der Waals surface area (Å²) in [6.07, 6.45) is -1.42. The highest BCUT2D eigenvalue weighted by atomic mass is 19.4. The van der Waals surface area contributed by atoms with E-state index in [1.165, 1.54) is 6.26 Å². The van der Waals surface area contributed by atoms with Gasteiger partial charge in [-0.1, -0.05) is 0 Å². The Morgan fingerprint density at radius 3 is 2.80 bits per heavy atom. The Morgan fingerprint density at radius 1 is 1.45 bits per heavy atom. The number of carbonyl (C=O) groups excluding carboxylic acids is 1. The molecule has 2 N–H and O–H groups in total. The molecule has 0 unspecified atom stereocenters. The molecule has 1 aliphatic rings. The molecule has 1 saturated carbocycles. The topological polar surface area (TPSA) is 83.8 Å². The lowest BCUT2D eigenvalue weighted by molar-refractivity contribution is -0.141. The number of amides is 1. The van der Waals surface area contributed by atoms with Crippen molar-refractivity contribution in [3.63, 3.8) is 0 Å². The molecule has 0 aliphatic heterocycles. The molecule has 1 amide bonds. The third-order valence-electron chi connectivity index (χ3n) is 2.81. The predicted octanol–water partition coefficient (Wildman–Crippen LogP) is 2.55. The number of carbonyl (C=O) groups is 1. The van der Waals surface area contributed by atoms with Gasteiger partial charge in [0.2, 0.25) is 0 Å². The van der Waals surface area contributed by atoms with E-state index in [1.54, 1.807) is 5.10 Å². The third-order valence-corrected chi connectivity index (χ3v) is 2.81. The van der Waals surface area contributed by atoms with Gasteiger partial charge in [0.05, 0.1) is 0 Å². The van der Waals surface area contributed by atoms with Crippen LogP contribution in [-0.4, -0.2) is 21.1 Å². The zero-order valence-electron chi connectivity index (χ0n) is 9.99. The molecular formula is C11H9F3N4O2. The molecule has 0 saturated heterocycles. The highest BCUT2D eigenvalue weighted by Crippen LogP contribution is 2.39. The van der Waals surface area contributed by atoms with Crippen molar-refractivity contribution in [1.82, 2.24) is 15.2 Å². The Bertz CT molecular complexity index is 642. The van der Waals surface area contributed by atoms with E-state index in [2.05, 4.69) is 15.4 Å². The number of hydrogen-bond acceptors (Lipinski definition) is 4. The van der Waals surface area contributed by atoms with Gasteiger partial charge in [0.15, 0.2) is 17.4 Å². The second-order valence-corrected chi connectivity index (χ2v) is 4.46. The van der Waals surface area contributed by atoms with Gasteiger partial charge in [0.25, 0.3) is 5.91 Å². The molecule has 106 valence electrons. The average Bonchev–Trinajstić information content (AvgIpc) is 2.91. The molecule has 6 nitrogen and oxygen atoms in total. The minimum Gasteiger partial charge on any atom is -0.448 e. The Kier molecular flexibility index (Phi) is 2.77. The lowest BCUT2D eigenvalue weighted by atomic mass is 10.4. The van der Waals surface area contributed by atoms with Crippen molar-refractivity contribution in [2.75, 3.05) is 5.32 Å². The first-order chi connectivity index (χ1) is 9.43. The lowest BCUT2D eigenvalue weighted by Crippen LogP contribution is -2.12. The molecule has 2 heterocycles. The number of alkyl halides is 3. The zero-order chi connectivity index (χ0) is 14.3. The number of aromatic amines is 1. The van der Waals surface area contributed by atoms with Gasteiger partial charge in [-0.15, -0.1) is 0 Å². The summed E-state index contributed by atoms with van der Waals surface area (Å²) in [4.78, 5) is 15.7. The fourth-order valence-electron chi connectivity index (χ4n) is 1.62. The van der Waals surface area contributed by atoms with Gasteiger partial charge >= 0.3 is 6.18 Å². The van der Waals surface area contributed by atoms with Gasteiger partial charge in [-0.2, -0.15) is 18.3 Å². The second kappa shape index (κ2) is 4.36. The molecule has 0 atom stereocenters. The van der Waals surface area contributed by atoms with Crippen LogP contribution < -0.4 is 5.32 Å². The van der Waals surface area contributed by atoms with E-state index in [0.717, 1.165) is 12.8 Å². The van der Waals surface area contributed by atoms with Crippen molar-refractivity contribution in [2.24, 2.45) is 0 Å². The highest BCUT2D eigenvalue weighted by Gasteiger charge is 2.33. The third kappa shape index (κ3) is 2.51. The molecule has 1 aliphatic carbocycles. The van der Waals surface area contributed by atoms with Crippen LogP contribution in [0.5, 0.6) is 0 Å². The van der Waals surface area contributed by atoms with E-state index in [4.69, 9.17) is 4.42 Å². The normalized spacial score (nSPS) is 15.3. The molecule has 0 radical (unpaired) electrons. The molecule has 2 aromatic heterocycles. The summed E-state index contributed by atoms with van der Waals surface area (Å²) in [6.45, 7) is 0. The van der Waals surface area contributed by atoms with E-state index in [1.807, 2.05) is 0 Å². The van der Waals surface area contributed by atoms with Crippen LogP contribution in [-0.2, 0) is 6.18 Å². The molecule has 9 heteroatoms. The van der Waals surface area contributed by atoms with Crippen LogP contribution in [0.4, 0.5) is 19.0 Å². The minimum absolute atomic E-state index is 0.0171. The summed E-state index contributed by atoms with van der Waals surface area (Å²) in [6, 6.07) is 0.708. The van der Waals surface area contributed by atoms with Crippen LogP contribution in [0.25, 0.3) is 0 Å². The Balaban J connectivity index is 1.70. The number of aromatic nitrogens is 3. The average molecular weight is 286 g/mol. The number of oxazole rings is 1. The molecule has 3 rings (SSSR count). The number of nitrogens with one attached hydrogen (secondary N) is 2. The van der Waals surface area contributed by atoms with Crippen LogP contribution in [0.3, 0.4) is 0 Å². The molecule has 20 heavy (non-hydrogen) atoms. The first kappa shape index (κ1) is 12.7. The van der Waals surface area contributed by atoms with Crippen molar-refractivity contribution in [1.29, 1.82) is 0 Å². The van der Waals surface area contributed by atoms with Crippen molar-refractivity contribution in [2.45, 2.75) is 24.9 Å². The smallest absolute Gasteiger partial charge is 0.432 e. The molecule has 0 bridgehead atoms. The number of anilines is 1. The van der Waals surface area contributed by atoms with Crippen LogP contribution in [0.1, 0.15) is 40.8 Å². The maximum Gasteiger partial charge on any atom is 0.432 e. The summed E-state index contributed by atoms with van der Waals surface area (Å²) in [5.74, 6) is -0.161. The fourth-order valence-corrected chi connectivity index (χ4v) is 1.62. The zero-order valence-corrected chi connectivity index (χ0v) is 9.99. The van der Waals surface area contributed by atoms with Crippen molar-refractivity contribution < 1.29 is 22.4 Å². The first-order valence-electron chi connectivity index (χ1n) is 5.83. The quantitative estimate of drug-likeness (QED) is 0.908. The molecule has 1 fully saturated rings. The molecular weight excluding hydrogens is 277 g/mol. The number of hydrogen-bond donors (Lipinski definition) is 2. The van der Waals surface area contributed by atoms with E-state index >= 15 is 0 Å². The van der Waals surface area contributed by atoms with Crippen LogP contribution >= 0.6 is 0 Å². The van der Waals surface area contributed by atoms with E-state index < -0.39 is 17.8 Å². The highest BCUT2D eigenvalue weighted by molar-refractivity contribution is 6.02. The van der Waals surface area contributed by atoms with Gasteiger partial charge < -0.3 is 9.73 Å². The number of H-pyrrole nitrogens is 1. The standard InChI is InChI=1S/C11H9F3N4O2/c12-11(13,14)7-3-8(18-17-7)16-9(19)6-4-20-10(15-6)5-1-2-5/h3-5H,1-2H2,(H2,16,17,18,19). The Hall–Kier alpha value is -2.32.